The number of fused-ring (bicyclic) bond motifs is 2. The molecule has 22 heavy (non-hydrogen) atoms. The predicted octanol–water partition coefficient (Wildman–Crippen LogP) is 2.63. The summed E-state index contributed by atoms with van der Waals surface area (Å²) in [6.07, 6.45) is 0. The molecule has 0 saturated carbocycles. The van der Waals surface area contributed by atoms with Crippen LogP contribution in [-0.4, -0.2) is 0 Å². The van der Waals surface area contributed by atoms with Crippen molar-refractivity contribution in [3.63, 3.8) is 0 Å². The van der Waals surface area contributed by atoms with Crippen molar-refractivity contribution in [2.24, 2.45) is 4.99 Å². The smallest absolute Gasteiger partial charge is 0.240 e. The average Bonchev–Trinajstić information content (AvgIpc) is 2.56. The van der Waals surface area contributed by atoms with Gasteiger partial charge in [0, 0.05) is 22.2 Å². The van der Waals surface area contributed by atoms with Crippen LogP contribution in [0.5, 0.6) is 0 Å². The molecule has 4 aromatic rings. The molecular formula is C18H12ClNS2. The number of halogens is 1. The van der Waals surface area contributed by atoms with Crippen LogP contribution in [0, 0.1) is 0 Å². The second-order valence-corrected chi connectivity index (χ2v) is 6.61. The van der Waals surface area contributed by atoms with Gasteiger partial charge in [-0.1, -0.05) is 30.3 Å². The molecule has 0 unspecified atom stereocenters. The highest BCUT2D eigenvalue weighted by atomic mass is 35.5. The molecule has 108 valence electrons. The van der Waals surface area contributed by atoms with Crippen LogP contribution in [0.3, 0.4) is 0 Å². The SMILES string of the molecule is [Cl-].c1ccc2/c(=N/c3cc[s+]c4ccccc34)ccsc2c1. The van der Waals surface area contributed by atoms with E-state index in [1.165, 1.54) is 20.2 Å². The average molecular weight is 342 g/mol. The summed E-state index contributed by atoms with van der Waals surface area (Å²) in [6, 6.07) is 21.0. The largest absolute Gasteiger partial charge is 1.00 e. The lowest BCUT2D eigenvalue weighted by atomic mass is 10.2. The highest BCUT2D eigenvalue weighted by Crippen LogP contribution is 2.28. The van der Waals surface area contributed by atoms with Crippen molar-refractivity contribution in [2.45, 2.75) is 0 Å². The Kier molecular flexibility index (Phi) is 4.48. The van der Waals surface area contributed by atoms with Crippen molar-refractivity contribution in [1.82, 2.24) is 0 Å². The van der Waals surface area contributed by atoms with Crippen LogP contribution in [0.2, 0.25) is 0 Å². The van der Waals surface area contributed by atoms with E-state index in [0.29, 0.717) is 0 Å². The molecule has 0 aliphatic heterocycles. The maximum Gasteiger partial charge on any atom is 0.240 e. The van der Waals surface area contributed by atoms with Gasteiger partial charge < -0.3 is 12.4 Å². The molecule has 0 aliphatic carbocycles. The molecule has 0 radical (unpaired) electrons. The first kappa shape index (κ1) is 15.1. The fourth-order valence-electron chi connectivity index (χ4n) is 2.41. The first-order valence-corrected chi connectivity index (χ1v) is 8.48. The van der Waals surface area contributed by atoms with Gasteiger partial charge in [0.25, 0.3) is 0 Å². The molecule has 0 N–H and O–H groups in total. The van der Waals surface area contributed by atoms with E-state index in [2.05, 4.69) is 71.4 Å². The first-order chi connectivity index (χ1) is 10.4. The van der Waals surface area contributed by atoms with Crippen molar-refractivity contribution in [2.75, 3.05) is 0 Å². The summed E-state index contributed by atoms with van der Waals surface area (Å²) in [4.78, 5) is 4.91. The molecule has 0 saturated heterocycles. The Morgan fingerprint density at radius 1 is 0.818 bits per heavy atom. The van der Waals surface area contributed by atoms with E-state index in [1.807, 2.05) is 0 Å². The third-order valence-corrected chi connectivity index (χ3v) is 5.17. The van der Waals surface area contributed by atoms with E-state index >= 15 is 0 Å². The van der Waals surface area contributed by atoms with Gasteiger partial charge in [-0.3, -0.25) is 0 Å². The maximum absolute atomic E-state index is 4.91. The third kappa shape index (κ3) is 2.75. The number of rotatable bonds is 1. The van der Waals surface area contributed by atoms with Gasteiger partial charge in [0.1, 0.15) is 0 Å². The van der Waals surface area contributed by atoms with Crippen LogP contribution in [0.1, 0.15) is 0 Å². The molecule has 0 atom stereocenters. The minimum absolute atomic E-state index is 0. The molecule has 1 nitrogen and oxygen atoms in total. The minimum Gasteiger partial charge on any atom is -1.00 e. The molecule has 0 amide bonds. The lowest BCUT2D eigenvalue weighted by molar-refractivity contribution is -0.00000386. The van der Waals surface area contributed by atoms with Crippen molar-refractivity contribution in [3.05, 3.63) is 76.8 Å². The van der Waals surface area contributed by atoms with Crippen LogP contribution in [-0.2, 0) is 0 Å². The van der Waals surface area contributed by atoms with Crippen LogP contribution in [0.4, 0.5) is 5.69 Å². The number of hydrogen-bond donors (Lipinski definition) is 0. The zero-order valence-electron chi connectivity index (χ0n) is 11.6. The molecule has 2 aromatic heterocycles. The van der Waals surface area contributed by atoms with E-state index in [-0.39, 0.29) is 12.4 Å². The number of hydrogen-bond acceptors (Lipinski definition) is 2. The van der Waals surface area contributed by atoms with Gasteiger partial charge in [-0.15, -0.1) is 11.3 Å². The predicted molar refractivity (Wildman–Crippen MR) is 93.3 cm³/mol. The fraction of sp³-hybridized carbons (Fsp3) is 0. The summed E-state index contributed by atoms with van der Waals surface area (Å²) in [5, 5.41) is 7.66. The Balaban J connectivity index is 0.00000144. The van der Waals surface area contributed by atoms with E-state index in [0.717, 1.165) is 11.0 Å². The molecule has 2 aromatic carbocycles. The topological polar surface area (TPSA) is 12.4 Å². The first-order valence-electron chi connectivity index (χ1n) is 6.73. The van der Waals surface area contributed by atoms with Crippen LogP contribution < -0.4 is 17.8 Å². The maximum atomic E-state index is 4.91. The van der Waals surface area contributed by atoms with Crippen molar-refractivity contribution in [3.8, 4) is 0 Å². The fourth-order valence-corrected chi connectivity index (χ4v) is 4.01. The van der Waals surface area contributed by atoms with Crippen molar-refractivity contribution < 1.29 is 12.4 Å². The Morgan fingerprint density at radius 2 is 1.59 bits per heavy atom. The normalized spacial score (nSPS) is 11.5. The van der Waals surface area contributed by atoms with Gasteiger partial charge in [0.2, 0.25) is 16.0 Å². The van der Waals surface area contributed by atoms with Crippen molar-refractivity contribution in [1.29, 1.82) is 0 Å². The standard InChI is InChI=1S/C18H12NS2.ClH/c1-3-7-17-13(5-1)15(9-11-20-17)19-16-10-12-21-18-8-4-2-6-14(16)18;/h1-12H;1H/q+1;/p-1. The quantitative estimate of drug-likeness (QED) is 0.472. The molecule has 4 heteroatoms. The highest BCUT2D eigenvalue weighted by molar-refractivity contribution is 7.17. The van der Waals surface area contributed by atoms with Gasteiger partial charge in [-0.25, -0.2) is 4.99 Å². The van der Waals surface area contributed by atoms with Gasteiger partial charge in [-0.05, 0) is 23.6 Å². The number of nitrogens with zero attached hydrogens (tertiary/aromatic N) is 1. The molecule has 0 aliphatic rings. The summed E-state index contributed by atoms with van der Waals surface area (Å²) in [5.74, 6) is 0. The highest BCUT2D eigenvalue weighted by Gasteiger charge is 2.07. The van der Waals surface area contributed by atoms with E-state index in [9.17, 15) is 0 Å². The van der Waals surface area contributed by atoms with Gasteiger partial charge in [0.15, 0.2) is 5.38 Å². The molecule has 2 heterocycles. The number of benzene rings is 2. The summed E-state index contributed by atoms with van der Waals surface area (Å²) >= 11 is 3.49. The zero-order chi connectivity index (χ0) is 14.1. The summed E-state index contributed by atoms with van der Waals surface area (Å²) in [5.41, 5.74) is 1.03. The van der Waals surface area contributed by atoms with Gasteiger partial charge in [0.05, 0.1) is 16.4 Å². The van der Waals surface area contributed by atoms with Gasteiger partial charge in [-0.2, -0.15) is 0 Å². The Labute approximate surface area is 142 Å². The Bertz CT molecular complexity index is 997. The Hall–Kier alpha value is -1.81. The van der Waals surface area contributed by atoms with Crippen LogP contribution in [0.25, 0.3) is 20.2 Å². The summed E-state index contributed by atoms with van der Waals surface area (Å²) < 4.78 is 2.53. The lowest BCUT2D eigenvalue weighted by Gasteiger charge is -1.98. The Morgan fingerprint density at radius 3 is 2.50 bits per heavy atom. The minimum atomic E-state index is 0. The third-order valence-electron chi connectivity index (χ3n) is 3.41. The molecule has 0 spiro atoms. The molecule has 0 bridgehead atoms. The van der Waals surface area contributed by atoms with Gasteiger partial charge >= 0.3 is 0 Å². The second-order valence-electron chi connectivity index (χ2n) is 4.72. The summed E-state index contributed by atoms with van der Waals surface area (Å²) in [6.45, 7) is 0. The lowest BCUT2D eigenvalue weighted by Crippen LogP contribution is -3.00. The summed E-state index contributed by atoms with van der Waals surface area (Å²) in [7, 11) is 0. The molecule has 0 fully saturated rings. The van der Waals surface area contributed by atoms with Crippen LogP contribution >= 0.6 is 22.7 Å². The molecular weight excluding hydrogens is 330 g/mol. The monoisotopic (exact) mass is 341 g/mol. The second kappa shape index (κ2) is 6.53. The van der Waals surface area contributed by atoms with Crippen LogP contribution in [0.15, 0.2) is 76.4 Å². The van der Waals surface area contributed by atoms with E-state index < -0.39 is 0 Å². The van der Waals surface area contributed by atoms with E-state index in [4.69, 9.17) is 4.99 Å². The van der Waals surface area contributed by atoms with E-state index in [1.54, 1.807) is 22.7 Å². The zero-order valence-corrected chi connectivity index (χ0v) is 14.0. The van der Waals surface area contributed by atoms with Crippen molar-refractivity contribution >= 4 is 48.5 Å². The molecule has 4 rings (SSSR count).